The van der Waals surface area contributed by atoms with E-state index in [4.69, 9.17) is 19.3 Å². The van der Waals surface area contributed by atoms with E-state index in [1.54, 1.807) is 19.2 Å². The number of hydrogen-bond donors (Lipinski definition) is 1. The van der Waals surface area contributed by atoms with Crippen LogP contribution in [0.15, 0.2) is 97.1 Å². The third-order valence-corrected chi connectivity index (χ3v) is 7.34. The van der Waals surface area contributed by atoms with Crippen LogP contribution in [0.1, 0.15) is 46.3 Å². The van der Waals surface area contributed by atoms with E-state index in [-0.39, 0.29) is 6.42 Å². The van der Waals surface area contributed by atoms with Gasteiger partial charge in [0.25, 0.3) is 0 Å². The SMILES string of the molecule is COC(=O)c1ccc(CN(CCCCC(=O)O)CCc2ccccc2OCc2ccc(-c3ccccc3)cc2)c(OC)c1. The molecule has 224 valence electrons. The van der Waals surface area contributed by atoms with E-state index < -0.39 is 11.9 Å². The van der Waals surface area contributed by atoms with Gasteiger partial charge in [-0.15, -0.1) is 0 Å². The monoisotopic (exact) mass is 581 g/mol. The molecule has 0 unspecified atom stereocenters. The van der Waals surface area contributed by atoms with E-state index >= 15 is 0 Å². The van der Waals surface area contributed by atoms with Crippen LogP contribution >= 0.6 is 0 Å². The molecule has 0 aliphatic rings. The predicted octanol–water partition coefficient (Wildman–Crippen LogP) is 7.03. The first kappa shape index (κ1) is 31.3. The average molecular weight is 582 g/mol. The molecule has 1 N–H and O–H groups in total. The van der Waals surface area contributed by atoms with Gasteiger partial charge in [-0.3, -0.25) is 9.69 Å². The van der Waals surface area contributed by atoms with E-state index in [9.17, 15) is 9.59 Å². The molecule has 0 saturated carbocycles. The van der Waals surface area contributed by atoms with Crippen molar-refractivity contribution in [2.24, 2.45) is 0 Å². The van der Waals surface area contributed by atoms with E-state index in [0.29, 0.717) is 30.9 Å². The average Bonchev–Trinajstić information content (AvgIpc) is 3.05. The number of methoxy groups -OCH3 is 2. The number of benzene rings is 4. The number of carboxylic acids is 1. The van der Waals surface area contributed by atoms with Crippen molar-refractivity contribution in [3.63, 3.8) is 0 Å². The lowest BCUT2D eigenvalue weighted by molar-refractivity contribution is -0.137. The molecule has 0 spiro atoms. The first-order valence-electron chi connectivity index (χ1n) is 14.5. The van der Waals surface area contributed by atoms with Crippen LogP contribution in [0.5, 0.6) is 11.5 Å². The van der Waals surface area contributed by atoms with Crippen molar-refractivity contribution in [2.75, 3.05) is 27.3 Å². The van der Waals surface area contributed by atoms with Crippen LogP contribution in [0.2, 0.25) is 0 Å². The normalized spacial score (nSPS) is 10.9. The predicted molar refractivity (Wildman–Crippen MR) is 167 cm³/mol. The summed E-state index contributed by atoms with van der Waals surface area (Å²) >= 11 is 0. The molecule has 43 heavy (non-hydrogen) atoms. The maximum absolute atomic E-state index is 12.0. The Labute approximate surface area is 253 Å². The number of nitrogens with zero attached hydrogens (tertiary/aromatic N) is 1. The topological polar surface area (TPSA) is 85.3 Å². The lowest BCUT2D eigenvalue weighted by Gasteiger charge is -2.24. The van der Waals surface area contributed by atoms with Crippen molar-refractivity contribution in [2.45, 2.75) is 38.8 Å². The summed E-state index contributed by atoms with van der Waals surface area (Å²) in [6.45, 7) is 2.52. The van der Waals surface area contributed by atoms with Crippen LogP contribution < -0.4 is 9.47 Å². The highest BCUT2D eigenvalue weighted by Gasteiger charge is 2.15. The van der Waals surface area contributed by atoms with Crippen LogP contribution in [0.4, 0.5) is 0 Å². The summed E-state index contributed by atoms with van der Waals surface area (Å²) in [5.74, 6) is 0.257. The molecular formula is C36H39NO6. The third kappa shape index (κ3) is 9.45. The summed E-state index contributed by atoms with van der Waals surface area (Å²) in [5.41, 5.74) is 5.92. The van der Waals surface area contributed by atoms with E-state index in [0.717, 1.165) is 48.4 Å². The Morgan fingerprint density at radius 2 is 1.47 bits per heavy atom. The number of carbonyl (C=O) groups excluding carboxylic acids is 1. The molecule has 0 amide bonds. The number of rotatable bonds is 16. The summed E-state index contributed by atoms with van der Waals surface area (Å²) in [7, 11) is 2.94. The molecule has 0 atom stereocenters. The Kier molecular flexibility index (Phi) is 11.7. The lowest BCUT2D eigenvalue weighted by Crippen LogP contribution is -2.27. The maximum Gasteiger partial charge on any atom is 0.337 e. The van der Waals surface area contributed by atoms with Gasteiger partial charge in [0.15, 0.2) is 0 Å². The first-order chi connectivity index (χ1) is 21.0. The summed E-state index contributed by atoms with van der Waals surface area (Å²) in [6.07, 6.45) is 2.26. The van der Waals surface area contributed by atoms with Crippen molar-refractivity contribution in [3.05, 3.63) is 119 Å². The number of hydrogen-bond acceptors (Lipinski definition) is 6. The number of para-hydroxylation sites is 1. The molecule has 7 nitrogen and oxygen atoms in total. The van der Waals surface area contributed by atoms with Gasteiger partial charge in [0, 0.05) is 25.1 Å². The molecule has 0 aliphatic heterocycles. The Bertz CT molecular complexity index is 1470. The zero-order valence-corrected chi connectivity index (χ0v) is 24.8. The van der Waals surface area contributed by atoms with Gasteiger partial charge in [0.2, 0.25) is 0 Å². The molecule has 0 saturated heterocycles. The second-order valence-corrected chi connectivity index (χ2v) is 10.4. The molecular weight excluding hydrogens is 542 g/mol. The van der Waals surface area contributed by atoms with Crippen LogP contribution in [0.25, 0.3) is 11.1 Å². The fourth-order valence-electron chi connectivity index (χ4n) is 4.96. The van der Waals surface area contributed by atoms with Crippen molar-refractivity contribution in [1.29, 1.82) is 0 Å². The molecule has 4 aromatic rings. The molecule has 4 rings (SSSR count). The molecule has 0 heterocycles. The summed E-state index contributed by atoms with van der Waals surface area (Å²) in [4.78, 5) is 25.3. The molecule has 0 fully saturated rings. The molecule has 0 bridgehead atoms. The molecule has 7 heteroatoms. The summed E-state index contributed by atoms with van der Waals surface area (Å²) < 4.78 is 16.7. The van der Waals surface area contributed by atoms with Gasteiger partial charge in [0.05, 0.1) is 19.8 Å². The van der Waals surface area contributed by atoms with Crippen molar-refractivity contribution >= 4 is 11.9 Å². The number of carbonyl (C=O) groups is 2. The second kappa shape index (κ2) is 16.1. The molecule has 0 aromatic heterocycles. The zero-order chi connectivity index (χ0) is 30.4. The number of carboxylic acid groups (broad SMARTS) is 1. The lowest BCUT2D eigenvalue weighted by atomic mass is 10.0. The van der Waals surface area contributed by atoms with Crippen molar-refractivity contribution in [1.82, 2.24) is 4.90 Å². The Balaban J connectivity index is 1.42. The fraction of sp³-hybridized carbons (Fsp3) is 0.278. The first-order valence-corrected chi connectivity index (χ1v) is 14.5. The zero-order valence-electron chi connectivity index (χ0n) is 24.8. The largest absolute Gasteiger partial charge is 0.496 e. The highest BCUT2D eigenvalue weighted by atomic mass is 16.5. The van der Waals surface area contributed by atoms with Crippen LogP contribution in [0, 0.1) is 0 Å². The molecule has 0 aliphatic carbocycles. The minimum absolute atomic E-state index is 0.147. The summed E-state index contributed by atoms with van der Waals surface area (Å²) in [6, 6.07) is 32.1. The highest BCUT2D eigenvalue weighted by molar-refractivity contribution is 5.89. The van der Waals surface area contributed by atoms with Crippen molar-refractivity contribution in [3.8, 4) is 22.6 Å². The Morgan fingerprint density at radius 1 is 0.744 bits per heavy atom. The quantitative estimate of drug-likeness (QED) is 0.112. The van der Waals surface area contributed by atoms with Crippen molar-refractivity contribution < 1.29 is 28.9 Å². The third-order valence-electron chi connectivity index (χ3n) is 7.34. The maximum atomic E-state index is 12.0. The summed E-state index contributed by atoms with van der Waals surface area (Å²) in [5, 5.41) is 9.07. The Hall–Kier alpha value is -4.62. The second-order valence-electron chi connectivity index (χ2n) is 10.4. The number of esters is 1. The van der Waals surface area contributed by atoms with Gasteiger partial charge in [0.1, 0.15) is 18.1 Å². The number of aliphatic carboxylic acids is 1. The Morgan fingerprint density at radius 3 is 2.19 bits per heavy atom. The minimum Gasteiger partial charge on any atom is -0.496 e. The minimum atomic E-state index is -0.785. The fourth-order valence-corrected chi connectivity index (χ4v) is 4.96. The van der Waals surface area contributed by atoms with Gasteiger partial charge in [-0.25, -0.2) is 4.79 Å². The van der Waals surface area contributed by atoms with Gasteiger partial charge in [-0.05, 0) is 66.3 Å². The standard InChI is InChI=1S/C36H39NO6/c1-41-34-24-31(36(40)42-2)19-20-32(34)25-37(22-9-8-14-35(38)39)23-21-30-12-6-7-13-33(30)43-26-27-15-17-29(18-16-27)28-10-4-3-5-11-28/h3-7,10-13,15-20,24H,8-9,14,21-23,25-26H2,1-2H3,(H,38,39). The van der Waals surface area contributed by atoms with Crippen LogP contribution in [-0.2, 0) is 29.1 Å². The van der Waals surface area contributed by atoms with E-state index in [1.807, 2.05) is 42.5 Å². The van der Waals surface area contributed by atoms with E-state index in [2.05, 4.69) is 47.4 Å². The van der Waals surface area contributed by atoms with E-state index in [1.165, 1.54) is 18.2 Å². The van der Waals surface area contributed by atoms with Gasteiger partial charge in [-0.1, -0.05) is 78.9 Å². The molecule has 4 aromatic carbocycles. The molecule has 0 radical (unpaired) electrons. The van der Waals surface area contributed by atoms with Crippen LogP contribution in [-0.4, -0.2) is 49.3 Å². The smallest absolute Gasteiger partial charge is 0.337 e. The van der Waals surface area contributed by atoms with Gasteiger partial charge in [-0.2, -0.15) is 0 Å². The highest BCUT2D eigenvalue weighted by Crippen LogP contribution is 2.25. The number of unbranched alkanes of at least 4 members (excludes halogenated alkanes) is 1. The van der Waals surface area contributed by atoms with Gasteiger partial charge < -0.3 is 19.3 Å². The number of ether oxygens (including phenoxy) is 3. The van der Waals surface area contributed by atoms with Gasteiger partial charge >= 0.3 is 11.9 Å². The van der Waals surface area contributed by atoms with Crippen LogP contribution in [0.3, 0.4) is 0 Å².